The second kappa shape index (κ2) is 1.84. The molecule has 3 aliphatic rings. The number of fused-ring (bicyclic) bond motifs is 3. The van der Waals surface area contributed by atoms with Crippen LogP contribution in [0.2, 0.25) is 0 Å². The lowest BCUT2D eigenvalue weighted by Crippen LogP contribution is -2.40. The molecule has 0 aromatic rings. The molecule has 2 heterocycles. The van der Waals surface area contributed by atoms with Crippen molar-refractivity contribution in [2.24, 2.45) is 5.73 Å². The Morgan fingerprint density at radius 1 is 1.60 bits per heavy atom. The van der Waals surface area contributed by atoms with Crippen LogP contribution in [0.5, 0.6) is 0 Å². The number of rotatable bonds is 0. The highest BCUT2D eigenvalue weighted by Gasteiger charge is 2.27. The predicted octanol–water partition coefficient (Wildman–Crippen LogP) is 0.490. The van der Waals surface area contributed by atoms with Crippen LogP contribution in [0, 0.1) is 0 Å². The van der Waals surface area contributed by atoms with Gasteiger partial charge in [-0.25, -0.2) is 0 Å². The molecule has 1 atom stereocenters. The van der Waals surface area contributed by atoms with Gasteiger partial charge < -0.3 is 9.47 Å². The third-order valence-electron chi connectivity index (χ3n) is 1.71. The molecule has 0 spiro atoms. The van der Waals surface area contributed by atoms with Crippen LogP contribution in [-0.4, -0.2) is 12.5 Å². The molecule has 2 bridgehead atoms. The summed E-state index contributed by atoms with van der Waals surface area (Å²) < 4.78 is 10.3. The van der Waals surface area contributed by atoms with Crippen LogP contribution in [-0.2, 0) is 9.47 Å². The fourth-order valence-electron chi connectivity index (χ4n) is 1.04. The van der Waals surface area contributed by atoms with Gasteiger partial charge in [0, 0.05) is 6.42 Å². The molecule has 2 aliphatic heterocycles. The van der Waals surface area contributed by atoms with E-state index in [1.165, 1.54) is 0 Å². The van der Waals surface area contributed by atoms with E-state index in [9.17, 15) is 0 Å². The minimum absolute atomic E-state index is 0.259. The Morgan fingerprint density at radius 3 is 3.20 bits per heavy atom. The van der Waals surface area contributed by atoms with Crippen LogP contribution in [0.15, 0.2) is 24.0 Å². The molecule has 3 heteroatoms. The van der Waals surface area contributed by atoms with Gasteiger partial charge in [0.25, 0.3) is 0 Å². The summed E-state index contributed by atoms with van der Waals surface area (Å²) in [5, 5.41) is 0. The van der Waals surface area contributed by atoms with Gasteiger partial charge in [0.2, 0.25) is 0 Å². The smallest absolute Gasteiger partial charge is 0.191 e. The molecule has 0 aromatic carbocycles. The van der Waals surface area contributed by atoms with Crippen molar-refractivity contribution in [2.75, 3.05) is 6.79 Å². The number of hydrogen-bond donors (Lipinski definition) is 1. The van der Waals surface area contributed by atoms with E-state index in [0.29, 0.717) is 6.42 Å². The van der Waals surface area contributed by atoms with Gasteiger partial charge in [0.1, 0.15) is 11.5 Å². The molecule has 10 heavy (non-hydrogen) atoms. The summed E-state index contributed by atoms with van der Waals surface area (Å²) >= 11 is 0. The van der Waals surface area contributed by atoms with Crippen LogP contribution in [0.3, 0.4) is 0 Å². The minimum atomic E-state index is -0.611. The highest BCUT2D eigenvalue weighted by atomic mass is 16.7. The lowest BCUT2D eigenvalue weighted by atomic mass is 10.1. The lowest BCUT2D eigenvalue weighted by molar-refractivity contribution is -0.0821. The fourth-order valence-corrected chi connectivity index (χ4v) is 1.04. The summed E-state index contributed by atoms with van der Waals surface area (Å²) in [4.78, 5) is 0. The molecular weight excluding hydrogens is 130 g/mol. The third-order valence-corrected chi connectivity index (χ3v) is 1.71. The van der Waals surface area contributed by atoms with Crippen molar-refractivity contribution in [3.05, 3.63) is 24.0 Å². The molecule has 3 rings (SSSR count). The normalized spacial score (nSPS) is 36.7. The summed E-state index contributed by atoms with van der Waals surface area (Å²) in [5.41, 5.74) is 5.15. The average molecular weight is 139 g/mol. The van der Waals surface area contributed by atoms with Crippen LogP contribution in [0.1, 0.15) is 6.42 Å². The number of hydrogen-bond acceptors (Lipinski definition) is 3. The van der Waals surface area contributed by atoms with Crippen molar-refractivity contribution in [1.82, 2.24) is 0 Å². The van der Waals surface area contributed by atoms with Gasteiger partial charge in [-0.1, -0.05) is 0 Å². The van der Waals surface area contributed by atoms with Crippen molar-refractivity contribution in [1.29, 1.82) is 0 Å². The summed E-state index contributed by atoms with van der Waals surface area (Å²) in [7, 11) is 0. The third kappa shape index (κ3) is 0.836. The maximum absolute atomic E-state index is 5.76. The van der Waals surface area contributed by atoms with E-state index in [4.69, 9.17) is 15.2 Å². The molecule has 0 amide bonds. The number of allylic oxidation sites excluding steroid dienone is 1. The van der Waals surface area contributed by atoms with Crippen LogP contribution in [0.4, 0.5) is 0 Å². The Hall–Kier alpha value is -0.800. The van der Waals surface area contributed by atoms with Crippen molar-refractivity contribution < 1.29 is 9.47 Å². The number of nitrogens with two attached hydrogens (primary N) is 1. The topological polar surface area (TPSA) is 44.5 Å². The van der Waals surface area contributed by atoms with Gasteiger partial charge in [0.15, 0.2) is 6.79 Å². The zero-order valence-corrected chi connectivity index (χ0v) is 5.54. The maximum atomic E-state index is 5.76. The van der Waals surface area contributed by atoms with Gasteiger partial charge in [-0.3, -0.25) is 5.73 Å². The highest BCUT2D eigenvalue weighted by Crippen LogP contribution is 2.24. The second-order valence-electron chi connectivity index (χ2n) is 2.51. The van der Waals surface area contributed by atoms with Crippen molar-refractivity contribution >= 4 is 0 Å². The monoisotopic (exact) mass is 139 g/mol. The number of ether oxygens (including phenoxy) is 2. The predicted molar refractivity (Wildman–Crippen MR) is 35.8 cm³/mol. The molecule has 3 nitrogen and oxygen atoms in total. The quantitative estimate of drug-likeness (QED) is 0.531. The van der Waals surface area contributed by atoms with Crippen LogP contribution < -0.4 is 5.73 Å². The minimum Gasteiger partial charge on any atom is -0.468 e. The Kier molecular flexibility index (Phi) is 1.09. The molecular formula is C7H9NO2. The van der Waals surface area contributed by atoms with Crippen molar-refractivity contribution in [3.8, 4) is 0 Å². The first kappa shape index (κ1) is 5.95. The molecule has 0 fully saturated rings. The Bertz CT molecular complexity index is 210. The maximum Gasteiger partial charge on any atom is 0.191 e. The molecule has 0 saturated heterocycles. The zero-order valence-electron chi connectivity index (χ0n) is 5.54. The molecule has 54 valence electrons. The van der Waals surface area contributed by atoms with Gasteiger partial charge in [-0.15, -0.1) is 0 Å². The molecule has 0 saturated carbocycles. The largest absolute Gasteiger partial charge is 0.468 e. The fraction of sp³-hybridized carbons (Fsp3) is 0.429. The van der Waals surface area contributed by atoms with Crippen LogP contribution >= 0.6 is 0 Å². The van der Waals surface area contributed by atoms with E-state index in [0.717, 1.165) is 5.76 Å². The van der Waals surface area contributed by atoms with Gasteiger partial charge >= 0.3 is 0 Å². The highest BCUT2D eigenvalue weighted by molar-refractivity contribution is 5.23. The van der Waals surface area contributed by atoms with E-state index in [1.807, 2.05) is 18.2 Å². The standard InChI is InChI=1S/C7H9NO2/c8-7-3-1-6(2-4-7)9-5-10-7/h1-3H,4-5,8H2. The summed E-state index contributed by atoms with van der Waals surface area (Å²) in [5.74, 6) is 0.860. The Morgan fingerprint density at radius 2 is 2.50 bits per heavy atom. The molecule has 2 N–H and O–H groups in total. The Balaban J connectivity index is 2.32. The SMILES string of the molecule is NC12C=CC(=CC1)OCO2. The first-order valence-electron chi connectivity index (χ1n) is 3.24. The van der Waals surface area contributed by atoms with Gasteiger partial charge in [0.05, 0.1) is 0 Å². The Labute approximate surface area is 59.1 Å². The first-order valence-corrected chi connectivity index (χ1v) is 3.24. The summed E-state index contributed by atoms with van der Waals surface area (Å²) in [6.45, 7) is 0.259. The summed E-state index contributed by atoms with van der Waals surface area (Å²) in [6.07, 6.45) is 6.32. The first-order chi connectivity index (χ1) is 4.79. The van der Waals surface area contributed by atoms with Crippen LogP contribution in [0.25, 0.3) is 0 Å². The molecule has 0 radical (unpaired) electrons. The second-order valence-corrected chi connectivity index (χ2v) is 2.51. The van der Waals surface area contributed by atoms with E-state index in [-0.39, 0.29) is 6.79 Å². The zero-order chi connectivity index (χ0) is 7.03. The average Bonchev–Trinajstić information content (AvgIpc) is 2.19. The van der Waals surface area contributed by atoms with E-state index >= 15 is 0 Å². The van der Waals surface area contributed by atoms with Crippen molar-refractivity contribution in [2.45, 2.75) is 12.1 Å². The van der Waals surface area contributed by atoms with Gasteiger partial charge in [-0.05, 0) is 18.2 Å². The van der Waals surface area contributed by atoms with Gasteiger partial charge in [-0.2, -0.15) is 0 Å². The van der Waals surface area contributed by atoms with Crippen molar-refractivity contribution in [3.63, 3.8) is 0 Å². The van der Waals surface area contributed by atoms with E-state index < -0.39 is 5.72 Å². The van der Waals surface area contributed by atoms with E-state index in [2.05, 4.69) is 0 Å². The van der Waals surface area contributed by atoms with E-state index in [1.54, 1.807) is 0 Å². The molecule has 0 aromatic heterocycles. The lowest BCUT2D eigenvalue weighted by Gasteiger charge is -2.21. The molecule has 1 aliphatic carbocycles. The molecule has 1 unspecified atom stereocenters. The summed E-state index contributed by atoms with van der Waals surface area (Å²) in [6, 6.07) is 0.